The molecule has 0 aliphatic heterocycles. The highest BCUT2D eigenvalue weighted by atomic mass is 15.2. The van der Waals surface area contributed by atoms with Gasteiger partial charge >= 0.3 is 0 Å². The van der Waals surface area contributed by atoms with E-state index in [4.69, 9.17) is 0 Å². The molecule has 17 heavy (non-hydrogen) atoms. The molecule has 0 bridgehead atoms. The number of imidazole rings is 1. The first kappa shape index (κ1) is 12.5. The summed E-state index contributed by atoms with van der Waals surface area (Å²) in [5.41, 5.74) is 1.11. The van der Waals surface area contributed by atoms with Gasteiger partial charge in [0.1, 0.15) is 0 Å². The molecular formula is C14H25N3. The summed E-state index contributed by atoms with van der Waals surface area (Å²) in [7, 11) is 1.95. The lowest BCUT2D eigenvalue weighted by Crippen LogP contribution is -2.19. The van der Waals surface area contributed by atoms with Crippen LogP contribution in [0.1, 0.15) is 44.7 Å². The topological polar surface area (TPSA) is 29.9 Å². The Hall–Kier alpha value is -0.990. The molecular weight excluding hydrogens is 210 g/mol. The fourth-order valence-electron chi connectivity index (χ4n) is 2.99. The van der Waals surface area contributed by atoms with Gasteiger partial charge in [-0.2, -0.15) is 0 Å². The lowest BCUT2D eigenvalue weighted by atomic mass is 9.81. The van der Waals surface area contributed by atoms with Crippen LogP contribution in [-0.2, 0) is 6.54 Å². The zero-order valence-electron chi connectivity index (χ0n) is 11.4. The quantitative estimate of drug-likeness (QED) is 0.866. The number of hydrogen-bond donors (Lipinski definition) is 1. The van der Waals surface area contributed by atoms with E-state index >= 15 is 0 Å². The number of nitrogens with zero attached hydrogens (tertiary/aromatic N) is 2. The Bertz CT molecular complexity index is 348. The van der Waals surface area contributed by atoms with Crippen molar-refractivity contribution in [1.29, 1.82) is 0 Å². The molecule has 1 heterocycles. The fourth-order valence-corrected chi connectivity index (χ4v) is 2.99. The van der Waals surface area contributed by atoms with Crippen LogP contribution in [0.15, 0.2) is 6.20 Å². The Labute approximate surface area is 105 Å². The standard InChI is InChI=1S/C14H25N3/c1-4-12-5-7-13(8-6-12)10-17-9-11(2)16-14(17)15-3/h9,12-13H,4-8,10H2,1-3H3,(H,15,16). The summed E-state index contributed by atoms with van der Waals surface area (Å²) in [6.07, 6.45) is 9.14. The molecule has 1 aliphatic carbocycles. The van der Waals surface area contributed by atoms with Gasteiger partial charge in [-0.3, -0.25) is 0 Å². The number of rotatable bonds is 4. The van der Waals surface area contributed by atoms with E-state index in [1.54, 1.807) is 0 Å². The first-order chi connectivity index (χ1) is 8.22. The fraction of sp³-hybridized carbons (Fsp3) is 0.786. The zero-order valence-corrected chi connectivity index (χ0v) is 11.4. The third kappa shape index (κ3) is 3.02. The van der Waals surface area contributed by atoms with Crippen molar-refractivity contribution in [3.05, 3.63) is 11.9 Å². The van der Waals surface area contributed by atoms with Crippen molar-refractivity contribution in [3.63, 3.8) is 0 Å². The lowest BCUT2D eigenvalue weighted by molar-refractivity contribution is 0.248. The van der Waals surface area contributed by atoms with Crippen molar-refractivity contribution in [2.45, 2.75) is 52.5 Å². The molecule has 1 saturated carbocycles. The number of nitrogens with one attached hydrogen (secondary N) is 1. The van der Waals surface area contributed by atoms with E-state index in [1.807, 2.05) is 7.05 Å². The largest absolute Gasteiger partial charge is 0.359 e. The maximum absolute atomic E-state index is 4.48. The van der Waals surface area contributed by atoms with Gasteiger partial charge in [-0.1, -0.05) is 26.2 Å². The Morgan fingerprint density at radius 2 is 1.94 bits per heavy atom. The van der Waals surface area contributed by atoms with Gasteiger partial charge in [-0.25, -0.2) is 4.98 Å². The second kappa shape index (κ2) is 5.56. The van der Waals surface area contributed by atoms with E-state index in [1.165, 1.54) is 32.1 Å². The predicted octanol–water partition coefficient (Wildman–Crippen LogP) is 3.45. The Morgan fingerprint density at radius 1 is 1.29 bits per heavy atom. The van der Waals surface area contributed by atoms with Crippen LogP contribution in [0.2, 0.25) is 0 Å². The number of anilines is 1. The molecule has 2 rings (SSSR count). The second-order valence-electron chi connectivity index (χ2n) is 5.40. The van der Waals surface area contributed by atoms with E-state index in [0.717, 1.165) is 30.0 Å². The van der Waals surface area contributed by atoms with Gasteiger partial charge in [0.05, 0.1) is 5.69 Å². The number of aromatic nitrogens is 2. The first-order valence-electron chi connectivity index (χ1n) is 6.94. The summed E-state index contributed by atoms with van der Waals surface area (Å²) >= 11 is 0. The molecule has 1 fully saturated rings. The first-order valence-corrected chi connectivity index (χ1v) is 6.94. The molecule has 1 aliphatic rings. The Balaban J connectivity index is 1.92. The van der Waals surface area contributed by atoms with Gasteiger partial charge < -0.3 is 9.88 Å². The maximum Gasteiger partial charge on any atom is 0.202 e. The summed E-state index contributed by atoms with van der Waals surface area (Å²) < 4.78 is 2.28. The van der Waals surface area contributed by atoms with Crippen LogP contribution in [0.4, 0.5) is 5.95 Å². The average molecular weight is 235 g/mol. The van der Waals surface area contributed by atoms with Crippen molar-refractivity contribution in [2.75, 3.05) is 12.4 Å². The number of aryl methyl sites for hydroxylation is 1. The van der Waals surface area contributed by atoms with Gasteiger partial charge in [0.25, 0.3) is 0 Å². The van der Waals surface area contributed by atoms with E-state index < -0.39 is 0 Å². The predicted molar refractivity (Wildman–Crippen MR) is 72.2 cm³/mol. The van der Waals surface area contributed by atoms with Gasteiger partial charge in [-0.15, -0.1) is 0 Å². The Morgan fingerprint density at radius 3 is 2.53 bits per heavy atom. The SMILES string of the molecule is CCC1CCC(Cn2cc(C)nc2NC)CC1. The minimum Gasteiger partial charge on any atom is -0.359 e. The van der Waals surface area contributed by atoms with E-state index in [9.17, 15) is 0 Å². The third-order valence-corrected chi connectivity index (χ3v) is 4.12. The van der Waals surface area contributed by atoms with Gasteiger partial charge in [0.2, 0.25) is 5.95 Å². The summed E-state index contributed by atoms with van der Waals surface area (Å²) in [6.45, 7) is 5.52. The highest BCUT2D eigenvalue weighted by Crippen LogP contribution is 2.32. The van der Waals surface area contributed by atoms with Gasteiger partial charge in [-0.05, 0) is 31.6 Å². The highest BCUT2D eigenvalue weighted by Gasteiger charge is 2.20. The minimum absolute atomic E-state index is 0.846. The average Bonchev–Trinajstić information content (AvgIpc) is 2.70. The molecule has 0 radical (unpaired) electrons. The van der Waals surface area contributed by atoms with Crippen LogP contribution in [0.3, 0.4) is 0 Å². The third-order valence-electron chi connectivity index (χ3n) is 4.12. The second-order valence-corrected chi connectivity index (χ2v) is 5.40. The van der Waals surface area contributed by atoms with Crippen LogP contribution in [0, 0.1) is 18.8 Å². The van der Waals surface area contributed by atoms with E-state index in [-0.39, 0.29) is 0 Å². The van der Waals surface area contributed by atoms with Crippen molar-refractivity contribution < 1.29 is 0 Å². The highest BCUT2D eigenvalue weighted by molar-refractivity contribution is 5.27. The smallest absolute Gasteiger partial charge is 0.202 e. The molecule has 3 nitrogen and oxygen atoms in total. The molecule has 0 aromatic carbocycles. The summed E-state index contributed by atoms with van der Waals surface area (Å²) in [5, 5.41) is 3.18. The van der Waals surface area contributed by atoms with Crippen molar-refractivity contribution >= 4 is 5.95 Å². The van der Waals surface area contributed by atoms with Crippen LogP contribution < -0.4 is 5.32 Å². The van der Waals surface area contributed by atoms with Crippen molar-refractivity contribution in [3.8, 4) is 0 Å². The summed E-state index contributed by atoms with van der Waals surface area (Å²) in [4.78, 5) is 4.48. The summed E-state index contributed by atoms with van der Waals surface area (Å²) in [5.74, 6) is 2.85. The molecule has 1 aromatic rings. The van der Waals surface area contributed by atoms with Gasteiger partial charge in [0, 0.05) is 19.8 Å². The van der Waals surface area contributed by atoms with Crippen LogP contribution in [0.25, 0.3) is 0 Å². The van der Waals surface area contributed by atoms with Gasteiger partial charge in [0.15, 0.2) is 0 Å². The van der Waals surface area contributed by atoms with Crippen LogP contribution in [0.5, 0.6) is 0 Å². The van der Waals surface area contributed by atoms with E-state index in [2.05, 4.69) is 34.9 Å². The summed E-state index contributed by atoms with van der Waals surface area (Å²) in [6, 6.07) is 0. The molecule has 0 amide bonds. The molecule has 1 aromatic heterocycles. The number of hydrogen-bond acceptors (Lipinski definition) is 2. The van der Waals surface area contributed by atoms with Crippen LogP contribution >= 0.6 is 0 Å². The Kier molecular flexibility index (Phi) is 4.08. The maximum atomic E-state index is 4.48. The zero-order chi connectivity index (χ0) is 12.3. The van der Waals surface area contributed by atoms with Crippen LogP contribution in [-0.4, -0.2) is 16.6 Å². The lowest BCUT2D eigenvalue weighted by Gasteiger charge is -2.28. The molecule has 0 saturated heterocycles. The monoisotopic (exact) mass is 235 g/mol. The molecule has 96 valence electrons. The van der Waals surface area contributed by atoms with Crippen molar-refractivity contribution in [2.24, 2.45) is 11.8 Å². The molecule has 3 heteroatoms. The van der Waals surface area contributed by atoms with E-state index in [0.29, 0.717) is 0 Å². The normalized spacial score (nSPS) is 24.9. The van der Waals surface area contributed by atoms with Crippen molar-refractivity contribution in [1.82, 2.24) is 9.55 Å². The molecule has 0 unspecified atom stereocenters. The molecule has 1 N–H and O–H groups in total. The molecule has 0 spiro atoms. The minimum atomic E-state index is 0.846. The molecule has 0 atom stereocenters.